The van der Waals surface area contributed by atoms with E-state index in [0.29, 0.717) is 23.4 Å². The van der Waals surface area contributed by atoms with Crippen LogP contribution in [-0.2, 0) is 27.3 Å². The third-order valence-corrected chi connectivity index (χ3v) is 5.15. The van der Waals surface area contributed by atoms with Gasteiger partial charge in [-0.3, -0.25) is 9.59 Å². The average molecular weight is 492 g/mol. The second-order valence-electron chi connectivity index (χ2n) is 7.86. The SMILES string of the molecule is N[C@@H](CC(=O)N1N=CCC1C(=O)NCc1ccc(OCC(=O)O)cc1)Cc1cc(F)c(F)cc1F. The molecule has 12 heteroatoms. The molecule has 3 rings (SSSR count). The molecule has 1 aliphatic heterocycles. The number of amides is 2. The number of ether oxygens (including phenoxy) is 1. The van der Waals surface area contributed by atoms with Crippen molar-refractivity contribution in [2.45, 2.75) is 37.9 Å². The van der Waals surface area contributed by atoms with Gasteiger partial charge in [0.15, 0.2) is 18.2 Å². The smallest absolute Gasteiger partial charge is 0.341 e. The number of nitrogens with zero attached hydrogens (tertiary/aromatic N) is 2. The molecule has 186 valence electrons. The van der Waals surface area contributed by atoms with Crippen LogP contribution in [0.1, 0.15) is 24.0 Å². The van der Waals surface area contributed by atoms with E-state index >= 15 is 0 Å². The lowest BCUT2D eigenvalue weighted by atomic mass is 10.0. The zero-order chi connectivity index (χ0) is 25.5. The Morgan fingerprint density at radius 3 is 2.51 bits per heavy atom. The Morgan fingerprint density at radius 2 is 1.83 bits per heavy atom. The first-order chi connectivity index (χ1) is 16.6. The summed E-state index contributed by atoms with van der Waals surface area (Å²) in [6.07, 6.45) is 1.09. The van der Waals surface area contributed by atoms with Crippen molar-refractivity contribution < 1.29 is 37.4 Å². The standard InChI is InChI=1S/C23H23F3N4O5/c24-17-10-19(26)18(25)8-14(17)7-15(27)9-21(31)30-20(5-6-29-30)23(34)28-11-13-1-3-16(4-2-13)35-12-22(32)33/h1-4,6,8,10,15,20H,5,7,9,11-12,27H2,(H,28,34)(H,32,33)/t15-,20?/m1/s1. The Labute approximate surface area is 198 Å². The number of hydrazone groups is 1. The van der Waals surface area contributed by atoms with Crippen molar-refractivity contribution in [3.8, 4) is 5.75 Å². The third kappa shape index (κ3) is 7.03. The van der Waals surface area contributed by atoms with Crippen LogP contribution in [0.3, 0.4) is 0 Å². The first-order valence-corrected chi connectivity index (χ1v) is 10.6. The van der Waals surface area contributed by atoms with E-state index in [1.807, 2.05) is 0 Å². The van der Waals surface area contributed by atoms with Gasteiger partial charge in [0.25, 0.3) is 0 Å². The fourth-order valence-corrected chi connectivity index (χ4v) is 3.42. The largest absolute Gasteiger partial charge is 0.482 e. The molecule has 0 radical (unpaired) electrons. The lowest BCUT2D eigenvalue weighted by Gasteiger charge is -2.23. The molecule has 0 aromatic heterocycles. The van der Waals surface area contributed by atoms with Crippen molar-refractivity contribution in [3.05, 3.63) is 65.0 Å². The second-order valence-corrected chi connectivity index (χ2v) is 7.86. The molecule has 2 amide bonds. The highest BCUT2D eigenvalue weighted by Gasteiger charge is 2.33. The van der Waals surface area contributed by atoms with Crippen molar-refractivity contribution in [2.75, 3.05) is 6.61 Å². The summed E-state index contributed by atoms with van der Waals surface area (Å²) in [5.41, 5.74) is 6.46. The van der Waals surface area contributed by atoms with E-state index in [4.69, 9.17) is 15.6 Å². The van der Waals surface area contributed by atoms with E-state index in [1.54, 1.807) is 24.3 Å². The Kier molecular flexibility index (Phi) is 8.42. The maximum Gasteiger partial charge on any atom is 0.341 e. The van der Waals surface area contributed by atoms with Crippen LogP contribution >= 0.6 is 0 Å². The molecule has 0 aliphatic carbocycles. The summed E-state index contributed by atoms with van der Waals surface area (Å²) in [4.78, 5) is 35.8. The predicted molar refractivity (Wildman–Crippen MR) is 118 cm³/mol. The number of carboxylic acid groups (broad SMARTS) is 1. The molecule has 1 aliphatic rings. The third-order valence-electron chi connectivity index (χ3n) is 5.15. The summed E-state index contributed by atoms with van der Waals surface area (Å²) in [7, 11) is 0. The molecule has 0 fully saturated rings. The van der Waals surface area contributed by atoms with E-state index in [1.165, 1.54) is 6.21 Å². The first kappa shape index (κ1) is 25.7. The van der Waals surface area contributed by atoms with Gasteiger partial charge in [-0.1, -0.05) is 12.1 Å². The molecule has 0 saturated carbocycles. The van der Waals surface area contributed by atoms with Gasteiger partial charge >= 0.3 is 5.97 Å². The number of carbonyl (C=O) groups excluding carboxylic acids is 2. The number of nitrogens with one attached hydrogen (secondary N) is 1. The Hall–Kier alpha value is -3.93. The monoisotopic (exact) mass is 492 g/mol. The summed E-state index contributed by atoms with van der Waals surface area (Å²) < 4.78 is 45.4. The Bertz CT molecular complexity index is 1130. The van der Waals surface area contributed by atoms with Crippen molar-refractivity contribution in [3.63, 3.8) is 0 Å². The molecule has 35 heavy (non-hydrogen) atoms. The zero-order valence-corrected chi connectivity index (χ0v) is 18.4. The number of aliphatic carboxylic acids is 1. The van der Waals surface area contributed by atoms with Gasteiger partial charge in [-0.05, 0) is 35.7 Å². The highest BCUT2D eigenvalue weighted by Crippen LogP contribution is 2.18. The van der Waals surface area contributed by atoms with E-state index < -0.39 is 53.9 Å². The fourth-order valence-electron chi connectivity index (χ4n) is 3.42. The topological polar surface area (TPSA) is 134 Å². The number of hydrogen-bond acceptors (Lipinski definition) is 6. The highest BCUT2D eigenvalue weighted by atomic mass is 19.2. The molecular weight excluding hydrogens is 469 g/mol. The average Bonchev–Trinajstić information content (AvgIpc) is 3.30. The summed E-state index contributed by atoms with van der Waals surface area (Å²) >= 11 is 0. The van der Waals surface area contributed by atoms with E-state index in [-0.39, 0.29) is 31.4 Å². The Morgan fingerprint density at radius 1 is 1.14 bits per heavy atom. The van der Waals surface area contributed by atoms with Crippen LogP contribution in [0.4, 0.5) is 13.2 Å². The van der Waals surface area contributed by atoms with Crippen LogP contribution in [0.15, 0.2) is 41.5 Å². The second kappa shape index (κ2) is 11.5. The van der Waals surface area contributed by atoms with Gasteiger partial charge in [-0.2, -0.15) is 5.10 Å². The molecule has 0 bridgehead atoms. The van der Waals surface area contributed by atoms with Crippen LogP contribution in [-0.4, -0.2) is 52.8 Å². The van der Waals surface area contributed by atoms with Crippen LogP contribution < -0.4 is 15.8 Å². The minimum absolute atomic E-state index is 0.144. The zero-order valence-electron chi connectivity index (χ0n) is 18.4. The number of hydrogen-bond donors (Lipinski definition) is 3. The maximum absolute atomic E-state index is 13.8. The van der Waals surface area contributed by atoms with E-state index in [2.05, 4.69) is 10.4 Å². The number of benzene rings is 2. The first-order valence-electron chi connectivity index (χ1n) is 10.6. The molecular formula is C23H23F3N4O5. The highest BCUT2D eigenvalue weighted by molar-refractivity contribution is 5.92. The maximum atomic E-state index is 13.8. The molecule has 9 nitrogen and oxygen atoms in total. The molecule has 2 atom stereocenters. The molecule has 4 N–H and O–H groups in total. The van der Waals surface area contributed by atoms with Gasteiger partial charge in [0, 0.05) is 37.7 Å². The molecule has 0 saturated heterocycles. The van der Waals surface area contributed by atoms with Crippen LogP contribution in [0, 0.1) is 17.5 Å². The van der Waals surface area contributed by atoms with Gasteiger partial charge in [-0.15, -0.1) is 0 Å². The van der Waals surface area contributed by atoms with Gasteiger partial charge in [0.1, 0.15) is 17.6 Å². The minimum Gasteiger partial charge on any atom is -0.482 e. The number of rotatable bonds is 10. The van der Waals surface area contributed by atoms with Crippen molar-refractivity contribution >= 4 is 24.0 Å². The number of carbonyl (C=O) groups is 3. The van der Waals surface area contributed by atoms with E-state index in [0.717, 1.165) is 5.01 Å². The lowest BCUT2D eigenvalue weighted by molar-refractivity contribution is -0.139. The summed E-state index contributed by atoms with van der Waals surface area (Å²) in [5.74, 6) is -5.28. The van der Waals surface area contributed by atoms with Crippen LogP contribution in [0.2, 0.25) is 0 Å². The van der Waals surface area contributed by atoms with Gasteiger partial charge in [-0.25, -0.2) is 23.0 Å². The van der Waals surface area contributed by atoms with Gasteiger partial charge in [0.05, 0.1) is 0 Å². The number of halogens is 3. The summed E-state index contributed by atoms with van der Waals surface area (Å²) in [6, 6.07) is 5.75. The van der Waals surface area contributed by atoms with Gasteiger partial charge < -0.3 is 20.9 Å². The summed E-state index contributed by atoms with van der Waals surface area (Å²) in [6.45, 7) is -0.327. The molecule has 1 heterocycles. The predicted octanol–water partition coefficient (Wildman–Crippen LogP) is 1.73. The van der Waals surface area contributed by atoms with Crippen LogP contribution in [0.5, 0.6) is 5.75 Å². The van der Waals surface area contributed by atoms with Gasteiger partial charge in [0.2, 0.25) is 11.8 Å². The normalized spacial score (nSPS) is 15.7. The molecule has 2 aromatic carbocycles. The van der Waals surface area contributed by atoms with Crippen molar-refractivity contribution in [1.29, 1.82) is 0 Å². The molecule has 1 unspecified atom stereocenters. The number of carboxylic acids is 1. The lowest BCUT2D eigenvalue weighted by Crippen LogP contribution is -2.46. The van der Waals surface area contributed by atoms with Crippen molar-refractivity contribution in [1.82, 2.24) is 10.3 Å². The summed E-state index contributed by atoms with van der Waals surface area (Å²) in [5, 5.41) is 16.3. The van der Waals surface area contributed by atoms with Crippen LogP contribution in [0.25, 0.3) is 0 Å². The number of nitrogens with two attached hydrogens (primary N) is 1. The fraction of sp³-hybridized carbons (Fsp3) is 0.304. The van der Waals surface area contributed by atoms with Crippen molar-refractivity contribution in [2.24, 2.45) is 10.8 Å². The Balaban J connectivity index is 1.51. The van der Waals surface area contributed by atoms with E-state index in [9.17, 15) is 27.6 Å². The quantitative estimate of drug-likeness (QED) is 0.433. The molecule has 2 aromatic rings. The minimum atomic E-state index is -1.32. The molecule has 0 spiro atoms.